The van der Waals surface area contributed by atoms with Crippen molar-refractivity contribution in [3.8, 4) is 0 Å². The summed E-state index contributed by atoms with van der Waals surface area (Å²) in [6.07, 6.45) is 5.76. The van der Waals surface area contributed by atoms with Crippen molar-refractivity contribution in [1.82, 2.24) is 10.3 Å². The number of hydrogen-bond acceptors (Lipinski definition) is 3. The lowest BCUT2D eigenvalue weighted by atomic mass is 9.87. The molecule has 0 bridgehead atoms. The minimum absolute atomic E-state index is 0.0918. The van der Waals surface area contributed by atoms with Crippen LogP contribution in [0.15, 0.2) is 29.6 Å². The molecule has 1 aliphatic carbocycles. The molecule has 0 unspecified atom stereocenters. The molecule has 0 radical (unpaired) electrons. The summed E-state index contributed by atoms with van der Waals surface area (Å²) in [5, 5.41) is 6.91. The predicted molar refractivity (Wildman–Crippen MR) is 99.6 cm³/mol. The molecule has 1 heterocycles. The van der Waals surface area contributed by atoms with Gasteiger partial charge in [-0.25, -0.2) is 4.98 Å². The molecule has 0 aliphatic heterocycles. The molecule has 0 atom stereocenters. The zero-order valence-corrected chi connectivity index (χ0v) is 15.5. The number of nitrogens with zero attached hydrogens (tertiary/aromatic N) is 1. The van der Waals surface area contributed by atoms with Crippen LogP contribution in [-0.4, -0.2) is 16.9 Å². The zero-order valence-electron chi connectivity index (χ0n) is 13.9. The monoisotopic (exact) mass is 362 g/mol. The number of benzene rings is 1. The number of carbonyl (C=O) groups excluding carboxylic acids is 1. The Kier molecular flexibility index (Phi) is 5.90. The summed E-state index contributed by atoms with van der Waals surface area (Å²) < 4.78 is 0. The highest BCUT2D eigenvalue weighted by Crippen LogP contribution is 2.23. The third-order valence-corrected chi connectivity index (χ3v) is 5.70. The summed E-state index contributed by atoms with van der Waals surface area (Å²) in [4.78, 5) is 16.8. The molecular weight excluding hydrogens is 340 g/mol. The van der Waals surface area contributed by atoms with Crippen molar-refractivity contribution in [3.63, 3.8) is 0 Å². The second kappa shape index (κ2) is 8.13. The maximum absolute atomic E-state index is 12.2. The van der Waals surface area contributed by atoms with Gasteiger partial charge in [-0.3, -0.25) is 4.79 Å². The maximum atomic E-state index is 12.2. The van der Waals surface area contributed by atoms with Gasteiger partial charge >= 0.3 is 0 Å². The highest BCUT2D eigenvalue weighted by Gasteiger charge is 2.20. The first-order valence-corrected chi connectivity index (χ1v) is 9.81. The van der Waals surface area contributed by atoms with Crippen LogP contribution < -0.4 is 5.32 Å². The molecule has 0 spiro atoms. The van der Waals surface area contributed by atoms with Crippen LogP contribution in [0, 0.1) is 5.92 Å². The van der Waals surface area contributed by atoms with E-state index in [2.05, 4.69) is 17.2 Å². The van der Waals surface area contributed by atoms with Crippen molar-refractivity contribution in [2.45, 2.75) is 51.5 Å². The van der Waals surface area contributed by atoms with E-state index < -0.39 is 0 Å². The van der Waals surface area contributed by atoms with E-state index in [1.807, 2.05) is 29.6 Å². The summed E-state index contributed by atoms with van der Waals surface area (Å²) in [6, 6.07) is 8.17. The van der Waals surface area contributed by atoms with Crippen molar-refractivity contribution in [3.05, 3.63) is 50.9 Å². The first-order chi connectivity index (χ1) is 11.6. The predicted octanol–water partition coefficient (Wildman–Crippen LogP) is 4.62. The molecule has 1 N–H and O–H groups in total. The molecule has 1 aliphatic rings. The van der Waals surface area contributed by atoms with Crippen molar-refractivity contribution in [2.75, 3.05) is 0 Å². The van der Waals surface area contributed by atoms with Gasteiger partial charge in [0.25, 0.3) is 0 Å². The Morgan fingerprint density at radius 2 is 2.12 bits per heavy atom. The molecule has 0 saturated heterocycles. The van der Waals surface area contributed by atoms with E-state index in [-0.39, 0.29) is 5.91 Å². The van der Waals surface area contributed by atoms with Crippen molar-refractivity contribution in [1.29, 1.82) is 0 Å². The Morgan fingerprint density at radius 1 is 1.33 bits per heavy atom. The fourth-order valence-corrected chi connectivity index (χ4v) is 4.22. The molecular formula is C19H23ClN2OS. The van der Waals surface area contributed by atoms with Gasteiger partial charge in [0.15, 0.2) is 0 Å². The summed E-state index contributed by atoms with van der Waals surface area (Å²) in [5.74, 6) is 0.889. The Bertz CT molecular complexity index is 692. The highest BCUT2D eigenvalue weighted by molar-refractivity contribution is 7.09. The smallest absolute Gasteiger partial charge is 0.226 e. The van der Waals surface area contributed by atoms with E-state index >= 15 is 0 Å². The first kappa shape index (κ1) is 17.4. The van der Waals surface area contributed by atoms with Gasteiger partial charge in [-0.2, -0.15) is 0 Å². The molecule has 2 aromatic rings. The second-order valence-corrected chi connectivity index (χ2v) is 8.12. The number of halogens is 1. The van der Waals surface area contributed by atoms with E-state index in [1.165, 1.54) is 12.8 Å². The summed E-state index contributed by atoms with van der Waals surface area (Å²) in [7, 11) is 0. The molecule has 5 heteroatoms. The molecule has 128 valence electrons. The lowest BCUT2D eigenvalue weighted by molar-refractivity contribution is -0.121. The number of aromatic nitrogens is 1. The van der Waals surface area contributed by atoms with Crippen LogP contribution in [0.25, 0.3) is 0 Å². The number of hydrogen-bond donors (Lipinski definition) is 1. The fourth-order valence-electron chi connectivity index (χ4n) is 3.18. The molecule has 1 aromatic heterocycles. The number of carbonyl (C=O) groups is 1. The molecule has 3 nitrogen and oxygen atoms in total. The quantitative estimate of drug-likeness (QED) is 0.842. The highest BCUT2D eigenvalue weighted by atomic mass is 35.5. The normalized spacial score (nSPS) is 20.8. The average molecular weight is 363 g/mol. The van der Waals surface area contributed by atoms with Crippen LogP contribution in [0.1, 0.15) is 48.9 Å². The Hall–Kier alpha value is -1.39. The van der Waals surface area contributed by atoms with Crippen LogP contribution in [-0.2, 0) is 17.6 Å². The van der Waals surface area contributed by atoms with E-state index in [4.69, 9.17) is 11.6 Å². The topological polar surface area (TPSA) is 42.0 Å². The summed E-state index contributed by atoms with van der Waals surface area (Å²) in [5.41, 5.74) is 2.00. The number of amides is 1. The fraction of sp³-hybridized carbons (Fsp3) is 0.474. The van der Waals surface area contributed by atoms with Gasteiger partial charge in [-0.1, -0.05) is 30.7 Å². The van der Waals surface area contributed by atoms with Gasteiger partial charge in [0.05, 0.1) is 17.1 Å². The minimum atomic E-state index is 0.0918. The van der Waals surface area contributed by atoms with Crippen LogP contribution in [0.2, 0.25) is 5.02 Å². The van der Waals surface area contributed by atoms with E-state index in [1.54, 1.807) is 11.3 Å². The van der Waals surface area contributed by atoms with E-state index in [9.17, 15) is 4.79 Å². The third-order valence-electron chi connectivity index (χ3n) is 4.57. The van der Waals surface area contributed by atoms with Crippen LogP contribution in [0.3, 0.4) is 0 Å². The third kappa shape index (κ3) is 5.05. The van der Waals surface area contributed by atoms with Crippen molar-refractivity contribution >= 4 is 28.8 Å². The Labute approximate surface area is 152 Å². The minimum Gasteiger partial charge on any atom is -0.353 e. The van der Waals surface area contributed by atoms with Crippen molar-refractivity contribution in [2.24, 2.45) is 5.92 Å². The molecule has 3 rings (SSSR count). The molecule has 1 saturated carbocycles. The molecule has 1 amide bonds. The molecule has 1 aromatic carbocycles. The standard InChI is InChI=1S/C19H23ClN2OS/c1-13-5-7-16(8-6-13)21-18(23)11-17-12-24-19(22-17)10-14-3-2-4-15(20)9-14/h2-4,9,12-13,16H,5-8,10-11H2,1H3,(H,21,23). The van der Waals surface area contributed by atoms with E-state index in [0.29, 0.717) is 12.5 Å². The lowest BCUT2D eigenvalue weighted by Crippen LogP contribution is -2.38. The Morgan fingerprint density at radius 3 is 2.88 bits per heavy atom. The van der Waals surface area contributed by atoms with Crippen LogP contribution in [0.5, 0.6) is 0 Å². The lowest BCUT2D eigenvalue weighted by Gasteiger charge is -2.26. The Balaban J connectivity index is 1.51. The van der Waals surface area contributed by atoms with Gasteiger partial charge in [0, 0.05) is 22.9 Å². The van der Waals surface area contributed by atoms with Gasteiger partial charge in [0.2, 0.25) is 5.91 Å². The largest absolute Gasteiger partial charge is 0.353 e. The second-order valence-electron chi connectivity index (χ2n) is 6.74. The van der Waals surface area contributed by atoms with Gasteiger partial charge in [0.1, 0.15) is 0 Å². The number of thiazole rings is 1. The first-order valence-electron chi connectivity index (χ1n) is 8.55. The van der Waals surface area contributed by atoms with Gasteiger partial charge in [-0.15, -0.1) is 11.3 Å². The summed E-state index contributed by atoms with van der Waals surface area (Å²) in [6.45, 7) is 2.29. The van der Waals surface area contributed by atoms with Gasteiger partial charge < -0.3 is 5.32 Å². The average Bonchev–Trinajstić information content (AvgIpc) is 2.96. The maximum Gasteiger partial charge on any atom is 0.226 e. The SMILES string of the molecule is CC1CCC(NC(=O)Cc2csc(Cc3cccc(Cl)c3)n2)CC1. The van der Waals surface area contributed by atoms with Gasteiger partial charge in [-0.05, 0) is 49.3 Å². The van der Waals surface area contributed by atoms with Crippen LogP contribution in [0.4, 0.5) is 0 Å². The zero-order chi connectivity index (χ0) is 16.9. The van der Waals surface area contributed by atoms with E-state index in [0.717, 1.165) is 46.5 Å². The number of nitrogens with one attached hydrogen (secondary N) is 1. The van der Waals surface area contributed by atoms with Crippen molar-refractivity contribution < 1.29 is 4.79 Å². The number of rotatable bonds is 5. The summed E-state index contributed by atoms with van der Waals surface area (Å²) >= 11 is 7.62. The molecule has 24 heavy (non-hydrogen) atoms. The van der Waals surface area contributed by atoms with Crippen LogP contribution >= 0.6 is 22.9 Å². The molecule has 1 fully saturated rings.